The van der Waals surface area contributed by atoms with Crippen molar-refractivity contribution in [3.8, 4) is 0 Å². The van der Waals surface area contributed by atoms with Crippen LogP contribution in [0.15, 0.2) is 21.5 Å². The minimum atomic E-state index is -3.71. The number of halogens is 4. The van der Waals surface area contributed by atoms with Crippen LogP contribution in [0.2, 0.25) is 10.0 Å². The molecule has 1 aromatic rings. The number of alkyl halides is 1. The van der Waals surface area contributed by atoms with E-state index in [4.69, 9.17) is 34.8 Å². The molecule has 106 valence electrons. The van der Waals surface area contributed by atoms with Crippen molar-refractivity contribution in [2.45, 2.75) is 23.8 Å². The monoisotopic (exact) mass is 405 g/mol. The van der Waals surface area contributed by atoms with E-state index in [1.54, 1.807) is 0 Å². The number of sulfonamides is 1. The third-order valence-electron chi connectivity index (χ3n) is 2.79. The predicted octanol–water partition coefficient (Wildman–Crippen LogP) is 4.15. The van der Waals surface area contributed by atoms with Crippen LogP contribution in [0.25, 0.3) is 0 Å². The van der Waals surface area contributed by atoms with E-state index < -0.39 is 10.0 Å². The van der Waals surface area contributed by atoms with Crippen LogP contribution in [-0.4, -0.2) is 31.2 Å². The topological polar surface area (TPSA) is 37.4 Å². The van der Waals surface area contributed by atoms with Crippen LogP contribution < -0.4 is 0 Å². The van der Waals surface area contributed by atoms with Gasteiger partial charge in [0.2, 0.25) is 10.0 Å². The van der Waals surface area contributed by atoms with E-state index in [1.807, 2.05) is 0 Å². The van der Waals surface area contributed by atoms with Crippen LogP contribution in [0.5, 0.6) is 0 Å². The van der Waals surface area contributed by atoms with E-state index in [0.717, 1.165) is 12.8 Å². The second kappa shape index (κ2) is 6.08. The summed E-state index contributed by atoms with van der Waals surface area (Å²) in [5.41, 5.74) is 0. The fraction of sp³-hybridized carbons (Fsp3) is 0.455. The Bertz CT molecular complexity index is 567. The first-order chi connectivity index (χ1) is 8.87. The van der Waals surface area contributed by atoms with E-state index in [1.165, 1.54) is 16.4 Å². The van der Waals surface area contributed by atoms with Crippen molar-refractivity contribution in [1.29, 1.82) is 0 Å². The fourth-order valence-corrected chi connectivity index (χ4v) is 5.69. The lowest BCUT2D eigenvalue weighted by molar-refractivity contribution is 0.422. The Balaban J connectivity index is 2.49. The molecule has 0 unspecified atom stereocenters. The maximum absolute atomic E-state index is 12.6. The van der Waals surface area contributed by atoms with Crippen LogP contribution in [0.1, 0.15) is 12.8 Å². The lowest BCUT2D eigenvalue weighted by atomic mass is 10.4. The lowest BCUT2D eigenvalue weighted by Crippen LogP contribution is -2.35. The minimum Gasteiger partial charge on any atom is -0.207 e. The van der Waals surface area contributed by atoms with Crippen LogP contribution >= 0.6 is 50.7 Å². The highest BCUT2D eigenvalue weighted by molar-refractivity contribution is 9.10. The lowest BCUT2D eigenvalue weighted by Gasteiger charge is -2.22. The highest BCUT2D eigenvalue weighted by atomic mass is 79.9. The molecule has 0 aliphatic heterocycles. The molecule has 0 bridgehead atoms. The van der Waals surface area contributed by atoms with Crippen molar-refractivity contribution >= 4 is 60.8 Å². The molecule has 1 aliphatic carbocycles. The molecule has 0 N–H and O–H groups in total. The molecule has 1 aromatic carbocycles. The molecule has 0 saturated heterocycles. The number of benzene rings is 1. The summed E-state index contributed by atoms with van der Waals surface area (Å²) in [5, 5.41) is 0.221. The second-order valence-electron chi connectivity index (χ2n) is 4.23. The Hall–Kier alpha value is 0.480. The molecule has 2 rings (SSSR count). The molecule has 8 heteroatoms. The number of rotatable bonds is 5. The SMILES string of the molecule is O=S(=O)(c1c(Cl)cc(Br)cc1Cl)N(CCCl)C1CC1. The summed E-state index contributed by atoms with van der Waals surface area (Å²) in [6.07, 6.45) is 1.70. The van der Waals surface area contributed by atoms with Crippen molar-refractivity contribution in [3.63, 3.8) is 0 Å². The smallest absolute Gasteiger partial charge is 0.207 e. The van der Waals surface area contributed by atoms with Gasteiger partial charge in [-0.3, -0.25) is 0 Å². The van der Waals surface area contributed by atoms with Crippen LogP contribution in [-0.2, 0) is 10.0 Å². The molecule has 1 fully saturated rings. The van der Waals surface area contributed by atoms with Crippen molar-refractivity contribution in [1.82, 2.24) is 4.31 Å². The fourth-order valence-electron chi connectivity index (χ4n) is 1.84. The van der Waals surface area contributed by atoms with Crippen molar-refractivity contribution in [3.05, 3.63) is 26.7 Å². The van der Waals surface area contributed by atoms with Crippen LogP contribution in [0, 0.1) is 0 Å². The Morgan fingerprint density at radius 1 is 1.26 bits per heavy atom. The van der Waals surface area contributed by atoms with Gasteiger partial charge in [-0.2, -0.15) is 4.31 Å². The van der Waals surface area contributed by atoms with Gasteiger partial charge in [0.05, 0.1) is 10.0 Å². The van der Waals surface area contributed by atoms with Gasteiger partial charge >= 0.3 is 0 Å². The number of hydrogen-bond acceptors (Lipinski definition) is 2. The third-order valence-corrected chi connectivity index (χ3v) is 6.29. The van der Waals surface area contributed by atoms with Crippen molar-refractivity contribution in [2.75, 3.05) is 12.4 Å². The number of nitrogens with zero attached hydrogens (tertiary/aromatic N) is 1. The molecule has 0 spiro atoms. The van der Waals surface area contributed by atoms with Gasteiger partial charge in [0.15, 0.2) is 0 Å². The van der Waals surface area contributed by atoms with E-state index in [2.05, 4.69) is 15.9 Å². The molecular formula is C11H11BrCl3NO2S. The predicted molar refractivity (Wildman–Crippen MR) is 81.8 cm³/mol. The first-order valence-corrected chi connectivity index (χ1v) is 9.12. The van der Waals surface area contributed by atoms with Gasteiger partial charge in [-0.15, -0.1) is 11.6 Å². The summed E-state index contributed by atoms with van der Waals surface area (Å²) in [6.45, 7) is 0.261. The van der Waals surface area contributed by atoms with Crippen molar-refractivity contribution < 1.29 is 8.42 Å². The summed E-state index contributed by atoms with van der Waals surface area (Å²) in [6, 6.07) is 3.05. The second-order valence-corrected chi connectivity index (χ2v) is 8.17. The van der Waals surface area contributed by atoms with Gasteiger partial charge in [-0.25, -0.2) is 8.42 Å². The average molecular weight is 408 g/mol. The van der Waals surface area contributed by atoms with E-state index in [0.29, 0.717) is 4.47 Å². The molecule has 3 nitrogen and oxygen atoms in total. The average Bonchev–Trinajstić information content (AvgIpc) is 3.07. The standard InChI is InChI=1S/C11H11BrCl3NO2S/c12-7-5-9(14)11(10(15)6-7)19(17,18)16(4-3-13)8-1-2-8/h5-6,8H,1-4H2. The summed E-state index contributed by atoms with van der Waals surface area (Å²) in [5.74, 6) is 0.238. The zero-order valence-electron chi connectivity index (χ0n) is 9.74. The first kappa shape index (κ1) is 15.9. The highest BCUT2D eigenvalue weighted by Crippen LogP contribution is 2.38. The Labute approximate surface area is 136 Å². The summed E-state index contributed by atoms with van der Waals surface area (Å²) < 4.78 is 27.3. The van der Waals surface area contributed by atoms with Gasteiger partial charge < -0.3 is 0 Å². The Morgan fingerprint density at radius 2 is 1.79 bits per heavy atom. The molecule has 0 amide bonds. The Morgan fingerprint density at radius 3 is 2.21 bits per heavy atom. The molecule has 19 heavy (non-hydrogen) atoms. The summed E-state index contributed by atoms with van der Waals surface area (Å²) in [7, 11) is -3.71. The molecule has 1 aliphatic rings. The largest absolute Gasteiger partial charge is 0.246 e. The zero-order valence-corrected chi connectivity index (χ0v) is 14.4. The molecule has 0 aromatic heterocycles. The molecular weight excluding hydrogens is 396 g/mol. The molecule has 1 saturated carbocycles. The Kier molecular flexibility index (Phi) is 5.07. The minimum absolute atomic E-state index is 0.0135. The van der Waals surface area contributed by atoms with Gasteiger partial charge in [0.25, 0.3) is 0 Å². The quantitative estimate of drug-likeness (QED) is 0.688. The number of hydrogen-bond donors (Lipinski definition) is 0. The zero-order chi connectivity index (χ0) is 14.2. The highest BCUT2D eigenvalue weighted by Gasteiger charge is 2.39. The third kappa shape index (κ3) is 3.39. The van der Waals surface area contributed by atoms with Gasteiger partial charge in [-0.1, -0.05) is 39.1 Å². The first-order valence-electron chi connectivity index (χ1n) is 5.60. The van der Waals surface area contributed by atoms with Crippen LogP contribution in [0.3, 0.4) is 0 Å². The summed E-state index contributed by atoms with van der Waals surface area (Å²) >= 11 is 21.0. The normalized spacial score (nSPS) is 16.1. The maximum atomic E-state index is 12.6. The van der Waals surface area contributed by atoms with E-state index in [-0.39, 0.29) is 33.4 Å². The van der Waals surface area contributed by atoms with Crippen LogP contribution in [0.4, 0.5) is 0 Å². The van der Waals surface area contributed by atoms with E-state index >= 15 is 0 Å². The maximum Gasteiger partial charge on any atom is 0.246 e. The molecule has 0 heterocycles. The molecule has 0 atom stereocenters. The van der Waals surface area contributed by atoms with Gasteiger partial charge in [0.1, 0.15) is 4.90 Å². The molecule has 0 radical (unpaired) electrons. The van der Waals surface area contributed by atoms with Gasteiger partial charge in [-0.05, 0) is 25.0 Å². The van der Waals surface area contributed by atoms with Gasteiger partial charge in [0, 0.05) is 22.9 Å². The summed E-state index contributed by atoms with van der Waals surface area (Å²) in [4.78, 5) is -0.0453. The van der Waals surface area contributed by atoms with E-state index in [9.17, 15) is 8.42 Å². The van der Waals surface area contributed by atoms with Crippen molar-refractivity contribution in [2.24, 2.45) is 0 Å².